The van der Waals surface area contributed by atoms with Crippen LogP contribution in [0.1, 0.15) is 53.6 Å². The van der Waals surface area contributed by atoms with Crippen LogP contribution in [0.25, 0.3) is 10.1 Å². The molecule has 0 radical (unpaired) electrons. The van der Waals surface area contributed by atoms with Crippen molar-refractivity contribution < 1.29 is 22.5 Å². The molecular formula is C30H30N4O5S2. The fourth-order valence-electron chi connectivity index (χ4n) is 4.32. The van der Waals surface area contributed by atoms with Crippen LogP contribution in [0.5, 0.6) is 5.75 Å². The predicted molar refractivity (Wildman–Crippen MR) is 161 cm³/mol. The summed E-state index contributed by atoms with van der Waals surface area (Å²) in [5.41, 5.74) is 2.19. The molecule has 11 heteroatoms. The number of benzene rings is 3. The molecule has 0 saturated heterocycles. The number of carbonyl (C=O) groups is 1. The maximum absolute atomic E-state index is 13.4. The van der Waals surface area contributed by atoms with Gasteiger partial charge in [-0.25, -0.2) is 8.42 Å². The van der Waals surface area contributed by atoms with E-state index < -0.39 is 10.0 Å². The molecule has 0 spiro atoms. The zero-order chi connectivity index (χ0) is 29.1. The molecule has 41 heavy (non-hydrogen) atoms. The number of aromatic nitrogens is 2. The first-order valence-electron chi connectivity index (χ1n) is 13.1. The van der Waals surface area contributed by atoms with Crippen molar-refractivity contribution in [1.29, 1.82) is 0 Å². The molecular weight excluding hydrogens is 560 g/mol. The molecule has 0 bridgehead atoms. The predicted octanol–water partition coefficient (Wildman–Crippen LogP) is 6.47. The zero-order valence-electron chi connectivity index (χ0n) is 23.1. The number of sulfonamides is 1. The number of hydrogen-bond acceptors (Lipinski definition) is 8. The van der Waals surface area contributed by atoms with Gasteiger partial charge in [0.05, 0.1) is 22.6 Å². The molecule has 2 aromatic heterocycles. The number of fused-ring (bicyclic) bond motifs is 1. The van der Waals surface area contributed by atoms with Gasteiger partial charge < -0.3 is 14.6 Å². The maximum Gasteiger partial charge on any atom is 0.265 e. The highest BCUT2D eigenvalue weighted by Gasteiger charge is 2.24. The van der Waals surface area contributed by atoms with Gasteiger partial charge in [-0.3, -0.25) is 9.10 Å². The largest absolute Gasteiger partial charge is 0.497 e. The Hall–Kier alpha value is -4.22. The lowest BCUT2D eigenvalue weighted by atomic mass is 10.1. The highest BCUT2D eigenvalue weighted by molar-refractivity contribution is 7.92. The minimum Gasteiger partial charge on any atom is -0.497 e. The molecule has 1 N–H and O–H groups in total. The summed E-state index contributed by atoms with van der Waals surface area (Å²) in [6.45, 7) is 6.03. The SMILES string of the molecule is CCN(c1ccc2sc(C(=O)Nc3ccc(Cc4noc(C(C)C)n4)cc3)cc2c1)S(=O)(=O)c1ccc(OC)cc1. The normalized spacial score (nSPS) is 11.6. The first-order valence-corrected chi connectivity index (χ1v) is 15.4. The number of rotatable bonds is 10. The standard InChI is InChI=1S/C30H30N4O5S2/c1-5-34(41(36,37)25-13-11-24(38-4)12-14-25)23-10-15-26-21(17-23)18-27(40-26)29(35)31-22-8-6-20(7-9-22)16-28-32-30(19(2)3)39-33-28/h6-15,17-19H,5,16H2,1-4H3,(H,31,35). The fraction of sp³-hybridized carbons (Fsp3) is 0.233. The van der Waals surface area contributed by atoms with E-state index >= 15 is 0 Å². The second-order valence-electron chi connectivity index (χ2n) is 9.71. The first kappa shape index (κ1) is 28.3. The van der Waals surface area contributed by atoms with Crippen LogP contribution >= 0.6 is 11.3 Å². The average molecular weight is 591 g/mol. The van der Waals surface area contributed by atoms with Crippen molar-refractivity contribution in [3.63, 3.8) is 0 Å². The van der Waals surface area contributed by atoms with Crippen LogP contribution in [0, 0.1) is 0 Å². The van der Waals surface area contributed by atoms with Gasteiger partial charge in [0.15, 0.2) is 5.82 Å². The molecule has 1 amide bonds. The lowest BCUT2D eigenvalue weighted by Gasteiger charge is -2.23. The molecule has 3 aromatic carbocycles. The third kappa shape index (κ3) is 6.10. The van der Waals surface area contributed by atoms with E-state index in [4.69, 9.17) is 9.26 Å². The number of amides is 1. The molecule has 2 heterocycles. The van der Waals surface area contributed by atoms with E-state index in [1.54, 1.807) is 37.3 Å². The number of thiophene rings is 1. The van der Waals surface area contributed by atoms with Gasteiger partial charge in [-0.1, -0.05) is 31.1 Å². The highest BCUT2D eigenvalue weighted by atomic mass is 32.2. The maximum atomic E-state index is 13.4. The molecule has 0 saturated carbocycles. The van der Waals surface area contributed by atoms with E-state index in [1.165, 1.54) is 34.9 Å². The van der Waals surface area contributed by atoms with Crippen molar-refractivity contribution in [2.24, 2.45) is 0 Å². The zero-order valence-corrected chi connectivity index (χ0v) is 24.8. The third-order valence-electron chi connectivity index (χ3n) is 6.50. The van der Waals surface area contributed by atoms with Gasteiger partial charge in [-0.2, -0.15) is 4.98 Å². The van der Waals surface area contributed by atoms with Crippen LogP contribution in [-0.4, -0.2) is 38.1 Å². The summed E-state index contributed by atoms with van der Waals surface area (Å²) in [6, 6.07) is 21.0. The lowest BCUT2D eigenvalue weighted by molar-refractivity contribution is 0.103. The Balaban J connectivity index is 1.30. The topological polar surface area (TPSA) is 115 Å². The van der Waals surface area contributed by atoms with Crippen molar-refractivity contribution in [2.75, 3.05) is 23.3 Å². The average Bonchev–Trinajstić information content (AvgIpc) is 3.62. The number of carbonyl (C=O) groups excluding carboxylic acids is 1. The summed E-state index contributed by atoms with van der Waals surface area (Å²) in [5, 5.41) is 7.75. The summed E-state index contributed by atoms with van der Waals surface area (Å²) in [4.78, 5) is 18.2. The van der Waals surface area contributed by atoms with E-state index in [0.29, 0.717) is 40.1 Å². The molecule has 0 aliphatic rings. The molecule has 0 aliphatic heterocycles. The van der Waals surface area contributed by atoms with Crippen LogP contribution in [0.15, 0.2) is 82.2 Å². The summed E-state index contributed by atoms with van der Waals surface area (Å²) in [5.74, 6) is 1.75. The number of nitrogens with one attached hydrogen (secondary N) is 1. The third-order valence-corrected chi connectivity index (χ3v) is 9.53. The minimum atomic E-state index is -3.79. The molecule has 9 nitrogen and oxygen atoms in total. The Labute approximate surface area is 242 Å². The van der Waals surface area contributed by atoms with Crippen LogP contribution in [0.4, 0.5) is 11.4 Å². The molecule has 0 atom stereocenters. The molecule has 0 aliphatic carbocycles. The molecule has 0 fully saturated rings. The second-order valence-corrected chi connectivity index (χ2v) is 12.7. The molecule has 0 unspecified atom stereocenters. The van der Waals surface area contributed by atoms with Crippen molar-refractivity contribution >= 4 is 48.7 Å². The Morgan fingerprint density at radius 2 is 1.78 bits per heavy atom. The van der Waals surface area contributed by atoms with E-state index in [1.807, 2.05) is 44.2 Å². The van der Waals surface area contributed by atoms with Gasteiger partial charge >= 0.3 is 0 Å². The smallest absolute Gasteiger partial charge is 0.265 e. The van der Waals surface area contributed by atoms with Gasteiger partial charge in [0, 0.05) is 29.3 Å². The van der Waals surface area contributed by atoms with Gasteiger partial charge in [0.25, 0.3) is 15.9 Å². The Morgan fingerprint density at radius 1 is 1.05 bits per heavy atom. The van der Waals surface area contributed by atoms with Crippen molar-refractivity contribution in [1.82, 2.24) is 10.1 Å². The van der Waals surface area contributed by atoms with Gasteiger partial charge in [-0.15, -0.1) is 11.3 Å². The van der Waals surface area contributed by atoms with Crippen molar-refractivity contribution in [2.45, 2.75) is 38.0 Å². The Morgan fingerprint density at radius 3 is 2.41 bits per heavy atom. The number of ether oxygens (including phenoxy) is 1. The van der Waals surface area contributed by atoms with Crippen molar-refractivity contribution in [3.8, 4) is 5.75 Å². The summed E-state index contributed by atoms with van der Waals surface area (Å²) >= 11 is 1.35. The quantitative estimate of drug-likeness (QED) is 0.198. The lowest BCUT2D eigenvalue weighted by Crippen LogP contribution is -2.30. The number of methoxy groups -OCH3 is 1. The van der Waals surface area contributed by atoms with E-state index in [9.17, 15) is 13.2 Å². The first-order chi connectivity index (χ1) is 19.7. The summed E-state index contributed by atoms with van der Waals surface area (Å²) < 4.78 is 39.4. The van der Waals surface area contributed by atoms with E-state index in [0.717, 1.165) is 15.6 Å². The Kier molecular flexibility index (Phi) is 8.09. The fourth-order valence-corrected chi connectivity index (χ4v) is 6.72. The van der Waals surface area contributed by atoms with E-state index in [-0.39, 0.29) is 23.3 Å². The number of hydrogen-bond donors (Lipinski definition) is 1. The molecule has 5 rings (SSSR count). The van der Waals surface area contributed by atoms with Crippen LogP contribution in [-0.2, 0) is 16.4 Å². The molecule has 212 valence electrons. The number of nitrogens with zero attached hydrogens (tertiary/aromatic N) is 3. The monoisotopic (exact) mass is 590 g/mol. The summed E-state index contributed by atoms with van der Waals surface area (Å²) in [7, 11) is -2.25. The van der Waals surface area contributed by atoms with Crippen LogP contribution in [0.2, 0.25) is 0 Å². The van der Waals surface area contributed by atoms with Crippen molar-refractivity contribution in [3.05, 3.63) is 95.0 Å². The van der Waals surface area contributed by atoms with Gasteiger partial charge in [0.1, 0.15) is 5.75 Å². The highest BCUT2D eigenvalue weighted by Crippen LogP contribution is 2.32. The van der Waals surface area contributed by atoms with Gasteiger partial charge in [-0.05, 0) is 78.5 Å². The van der Waals surface area contributed by atoms with Crippen LogP contribution < -0.4 is 14.4 Å². The number of anilines is 2. The molecule has 5 aromatic rings. The minimum absolute atomic E-state index is 0.173. The van der Waals surface area contributed by atoms with Gasteiger partial charge in [0.2, 0.25) is 5.89 Å². The van der Waals surface area contributed by atoms with E-state index in [2.05, 4.69) is 15.5 Å². The second kappa shape index (κ2) is 11.7. The van der Waals surface area contributed by atoms with Crippen LogP contribution in [0.3, 0.4) is 0 Å². The summed E-state index contributed by atoms with van der Waals surface area (Å²) in [6.07, 6.45) is 0.534. The Bertz CT molecular complexity index is 1780.